The Morgan fingerprint density at radius 2 is 1.90 bits per heavy atom. The van der Waals surface area contributed by atoms with Gasteiger partial charge in [-0.05, 0) is 31.0 Å². The highest BCUT2D eigenvalue weighted by molar-refractivity contribution is 5.99. The van der Waals surface area contributed by atoms with Crippen molar-refractivity contribution >= 4 is 11.7 Å². The number of hydrogen-bond acceptors (Lipinski definition) is 4. The molecule has 0 aromatic heterocycles. The van der Waals surface area contributed by atoms with Crippen molar-refractivity contribution in [2.45, 2.75) is 32.1 Å². The standard InChI is InChI=1S/C16H19NO4/c18-13(10-17-8-4-2-1-3-5-16(17)19)12-6-7-14-15(9-12)21-11-20-14/h6-7,9H,1-5,8,10-11H2. The van der Waals surface area contributed by atoms with Crippen molar-refractivity contribution < 1.29 is 19.1 Å². The summed E-state index contributed by atoms with van der Waals surface area (Å²) in [6.07, 6.45) is 4.68. The van der Waals surface area contributed by atoms with Gasteiger partial charge in [0, 0.05) is 18.5 Å². The van der Waals surface area contributed by atoms with Crippen LogP contribution in [0.25, 0.3) is 0 Å². The first-order valence-corrected chi connectivity index (χ1v) is 7.45. The molecular weight excluding hydrogens is 270 g/mol. The van der Waals surface area contributed by atoms with Gasteiger partial charge in [-0.25, -0.2) is 0 Å². The zero-order valence-corrected chi connectivity index (χ0v) is 12.0. The van der Waals surface area contributed by atoms with Crippen molar-refractivity contribution in [1.29, 1.82) is 0 Å². The van der Waals surface area contributed by atoms with Crippen LogP contribution in [0.5, 0.6) is 11.5 Å². The Morgan fingerprint density at radius 3 is 2.81 bits per heavy atom. The summed E-state index contributed by atoms with van der Waals surface area (Å²) in [5.74, 6) is 1.29. The third kappa shape index (κ3) is 3.17. The van der Waals surface area contributed by atoms with Gasteiger partial charge in [-0.3, -0.25) is 9.59 Å². The second kappa shape index (κ2) is 6.16. The molecule has 5 heteroatoms. The minimum atomic E-state index is -0.0535. The molecule has 2 aliphatic rings. The van der Waals surface area contributed by atoms with Gasteiger partial charge in [-0.2, -0.15) is 0 Å². The lowest BCUT2D eigenvalue weighted by molar-refractivity contribution is -0.131. The molecule has 0 unspecified atom stereocenters. The molecule has 2 heterocycles. The first kappa shape index (κ1) is 13.9. The van der Waals surface area contributed by atoms with Crippen molar-refractivity contribution in [3.8, 4) is 11.5 Å². The van der Waals surface area contributed by atoms with E-state index in [9.17, 15) is 9.59 Å². The first-order chi connectivity index (χ1) is 10.2. The maximum Gasteiger partial charge on any atom is 0.231 e. The number of Topliss-reactive ketones (excluding diaryl/α,β-unsaturated/α-hetero) is 1. The highest BCUT2D eigenvalue weighted by Crippen LogP contribution is 2.32. The Labute approximate surface area is 123 Å². The lowest BCUT2D eigenvalue weighted by Gasteiger charge is -2.24. The van der Waals surface area contributed by atoms with Gasteiger partial charge in [0.25, 0.3) is 0 Å². The van der Waals surface area contributed by atoms with E-state index >= 15 is 0 Å². The van der Waals surface area contributed by atoms with E-state index in [-0.39, 0.29) is 25.0 Å². The fourth-order valence-electron chi connectivity index (χ4n) is 2.72. The number of ketones is 1. The van der Waals surface area contributed by atoms with Gasteiger partial charge < -0.3 is 14.4 Å². The molecule has 5 nitrogen and oxygen atoms in total. The monoisotopic (exact) mass is 289 g/mol. The molecule has 0 spiro atoms. The van der Waals surface area contributed by atoms with Crippen LogP contribution in [0.2, 0.25) is 0 Å². The fraction of sp³-hybridized carbons (Fsp3) is 0.500. The topological polar surface area (TPSA) is 55.8 Å². The predicted octanol–water partition coefficient (Wildman–Crippen LogP) is 2.39. The van der Waals surface area contributed by atoms with Gasteiger partial charge in [-0.1, -0.05) is 12.8 Å². The van der Waals surface area contributed by atoms with Crippen LogP contribution >= 0.6 is 0 Å². The van der Waals surface area contributed by atoms with Crippen LogP contribution in [0.15, 0.2) is 18.2 Å². The SMILES string of the molecule is O=C(CN1CCCCCCC1=O)c1ccc2c(c1)OCO2. The van der Waals surface area contributed by atoms with Crippen LogP contribution in [0.1, 0.15) is 42.5 Å². The predicted molar refractivity (Wildman–Crippen MR) is 76.6 cm³/mol. The molecule has 0 saturated carbocycles. The number of amides is 1. The number of fused-ring (bicyclic) bond motifs is 1. The molecule has 2 aliphatic heterocycles. The molecule has 1 amide bonds. The molecule has 1 aromatic carbocycles. The van der Waals surface area contributed by atoms with Crippen LogP contribution in [0.3, 0.4) is 0 Å². The maximum absolute atomic E-state index is 12.4. The van der Waals surface area contributed by atoms with Gasteiger partial charge in [0.05, 0.1) is 6.54 Å². The average molecular weight is 289 g/mol. The van der Waals surface area contributed by atoms with E-state index in [4.69, 9.17) is 9.47 Å². The van der Waals surface area contributed by atoms with E-state index in [0.717, 1.165) is 25.7 Å². The number of likely N-dealkylation sites (tertiary alicyclic amines) is 1. The lowest BCUT2D eigenvalue weighted by atomic mass is 10.1. The van der Waals surface area contributed by atoms with Crippen molar-refractivity contribution in [1.82, 2.24) is 4.90 Å². The fourth-order valence-corrected chi connectivity index (χ4v) is 2.72. The Kier molecular flexibility index (Phi) is 4.08. The number of ether oxygens (including phenoxy) is 2. The average Bonchev–Trinajstić information content (AvgIpc) is 2.94. The smallest absolute Gasteiger partial charge is 0.231 e. The van der Waals surface area contributed by atoms with Crippen molar-refractivity contribution in [3.63, 3.8) is 0 Å². The van der Waals surface area contributed by atoms with Crippen molar-refractivity contribution in [2.24, 2.45) is 0 Å². The molecule has 0 bridgehead atoms. The Balaban J connectivity index is 1.68. The highest BCUT2D eigenvalue weighted by atomic mass is 16.7. The van der Waals surface area contributed by atoms with Crippen LogP contribution in [-0.2, 0) is 4.79 Å². The Hall–Kier alpha value is -2.04. The molecule has 0 N–H and O–H groups in total. The third-order valence-electron chi connectivity index (χ3n) is 3.95. The molecule has 0 radical (unpaired) electrons. The zero-order valence-electron chi connectivity index (χ0n) is 12.0. The normalized spacial score (nSPS) is 18.3. The van der Waals surface area contributed by atoms with E-state index in [2.05, 4.69) is 0 Å². The van der Waals surface area contributed by atoms with Crippen LogP contribution in [0.4, 0.5) is 0 Å². The van der Waals surface area contributed by atoms with Gasteiger partial charge in [0.1, 0.15) is 0 Å². The van der Waals surface area contributed by atoms with E-state index in [1.54, 1.807) is 23.1 Å². The summed E-state index contributed by atoms with van der Waals surface area (Å²) < 4.78 is 10.5. The molecule has 21 heavy (non-hydrogen) atoms. The zero-order chi connectivity index (χ0) is 14.7. The number of hydrogen-bond donors (Lipinski definition) is 0. The summed E-state index contributed by atoms with van der Waals surface area (Å²) in [5.41, 5.74) is 0.564. The van der Waals surface area contributed by atoms with Crippen LogP contribution in [-0.4, -0.2) is 36.5 Å². The quantitative estimate of drug-likeness (QED) is 0.802. The van der Waals surface area contributed by atoms with E-state index in [0.29, 0.717) is 30.0 Å². The molecule has 1 aromatic rings. The van der Waals surface area contributed by atoms with Crippen LogP contribution < -0.4 is 9.47 Å². The van der Waals surface area contributed by atoms with Crippen molar-refractivity contribution in [2.75, 3.05) is 19.9 Å². The first-order valence-electron chi connectivity index (χ1n) is 7.45. The summed E-state index contributed by atoms with van der Waals surface area (Å²) in [7, 11) is 0. The highest BCUT2D eigenvalue weighted by Gasteiger charge is 2.21. The van der Waals surface area contributed by atoms with Gasteiger partial charge in [-0.15, -0.1) is 0 Å². The summed E-state index contributed by atoms with van der Waals surface area (Å²) in [5, 5.41) is 0. The second-order valence-corrected chi connectivity index (χ2v) is 5.47. The Morgan fingerprint density at radius 1 is 1.10 bits per heavy atom. The summed E-state index contributed by atoms with van der Waals surface area (Å²) >= 11 is 0. The van der Waals surface area contributed by atoms with Crippen LogP contribution in [0, 0.1) is 0 Å². The van der Waals surface area contributed by atoms with E-state index in [1.807, 2.05) is 0 Å². The van der Waals surface area contributed by atoms with Gasteiger partial charge in [0.2, 0.25) is 12.7 Å². The van der Waals surface area contributed by atoms with E-state index in [1.165, 1.54) is 0 Å². The summed E-state index contributed by atoms with van der Waals surface area (Å²) in [6.45, 7) is 1.02. The minimum absolute atomic E-state index is 0.0535. The Bertz CT molecular complexity index is 555. The number of carbonyl (C=O) groups is 2. The number of rotatable bonds is 3. The van der Waals surface area contributed by atoms with E-state index < -0.39 is 0 Å². The number of benzene rings is 1. The third-order valence-corrected chi connectivity index (χ3v) is 3.95. The summed E-state index contributed by atoms with van der Waals surface area (Å²) in [4.78, 5) is 26.1. The van der Waals surface area contributed by atoms with Crippen molar-refractivity contribution in [3.05, 3.63) is 23.8 Å². The molecule has 1 fully saturated rings. The number of nitrogens with zero attached hydrogens (tertiary/aromatic N) is 1. The number of carbonyl (C=O) groups excluding carboxylic acids is 2. The largest absolute Gasteiger partial charge is 0.454 e. The lowest BCUT2D eigenvalue weighted by Crippen LogP contribution is -2.37. The minimum Gasteiger partial charge on any atom is -0.454 e. The maximum atomic E-state index is 12.4. The van der Waals surface area contributed by atoms with Gasteiger partial charge in [0.15, 0.2) is 17.3 Å². The summed E-state index contributed by atoms with van der Waals surface area (Å²) in [6, 6.07) is 5.16. The molecule has 0 atom stereocenters. The molecule has 3 rings (SSSR count). The molecule has 0 aliphatic carbocycles. The molecular formula is C16H19NO4. The second-order valence-electron chi connectivity index (χ2n) is 5.47. The molecule has 112 valence electrons. The van der Waals surface area contributed by atoms with Gasteiger partial charge >= 0.3 is 0 Å². The molecule has 1 saturated heterocycles.